The van der Waals surface area contributed by atoms with E-state index in [9.17, 15) is 19.2 Å². The van der Waals surface area contributed by atoms with Gasteiger partial charge in [0.2, 0.25) is 11.8 Å². The molecule has 2 aliphatic rings. The lowest BCUT2D eigenvalue weighted by atomic mass is 9.85. The minimum atomic E-state index is -0.774. The van der Waals surface area contributed by atoms with Crippen LogP contribution in [-0.4, -0.2) is 55.4 Å². The second-order valence-electron chi connectivity index (χ2n) is 7.03. The predicted molar refractivity (Wildman–Crippen MR) is 103 cm³/mol. The summed E-state index contributed by atoms with van der Waals surface area (Å²) in [5, 5.41) is 2.66. The summed E-state index contributed by atoms with van der Waals surface area (Å²) in [5.41, 5.74) is 1.03. The maximum Gasteiger partial charge on any atom is 0.326 e. The van der Waals surface area contributed by atoms with Gasteiger partial charge in [0.15, 0.2) is 6.61 Å². The molecule has 1 aromatic rings. The Labute approximate surface area is 168 Å². The van der Waals surface area contributed by atoms with Crippen LogP contribution < -0.4 is 10.1 Å². The molecule has 29 heavy (non-hydrogen) atoms. The third-order valence-corrected chi connectivity index (χ3v) is 5.15. The molecule has 1 aliphatic carbocycles. The van der Waals surface area contributed by atoms with Gasteiger partial charge in [-0.2, -0.15) is 0 Å². The number of amides is 3. The zero-order valence-electron chi connectivity index (χ0n) is 16.3. The van der Waals surface area contributed by atoms with Crippen LogP contribution >= 0.6 is 0 Å². The maximum atomic E-state index is 12.3. The number of esters is 1. The van der Waals surface area contributed by atoms with E-state index in [1.807, 2.05) is 36.4 Å². The van der Waals surface area contributed by atoms with E-state index in [1.165, 1.54) is 0 Å². The molecule has 2 atom stereocenters. The highest BCUT2D eigenvalue weighted by Gasteiger charge is 2.47. The van der Waals surface area contributed by atoms with Crippen LogP contribution in [-0.2, 0) is 30.3 Å². The fourth-order valence-corrected chi connectivity index (χ4v) is 3.54. The normalized spacial score (nSPS) is 20.4. The largest absolute Gasteiger partial charge is 0.497 e. The number of fused-ring (bicyclic) bond motifs is 1. The van der Waals surface area contributed by atoms with Crippen LogP contribution in [0.25, 0.3) is 0 Å². The van der Waals surface area contributed by atoms with Gasteiger partial charge in [-0.3, -0.25) is 24.1 Å². The van der Waals surface area contributed by atoms with Crippen LogP contribution in [0.5, 0.6) is 5.75 Å². The summed E-state index contributed by atoms with van der Waals surface area (Å²) < 4.78 is 10.0. The Morgan fingerprint density at radius 1 is 1.07 bits per heavy atom. The number of carbonyl (C=O) groups is 4. The molecule has 1 saturated heterocycles. The molecule has 3 rings (SSSR count). The highest BCUT2D eigenvalue weighted by atomic mass is 16.5. The number of nitrogens with zero attached hydrogens (tertiary/aromatic N) is 1. The summed E-state index contributed by atoms with van der Waals surface area (Å²) in [6.45, 7) is -0.516. The SMILES string of the molecule is COc1ccc(CCNC(=O)COC(=O)CN2C(=O)[C@@H]3CC=CC[C@H]3C2=O)cc1. The Morgan fingerprint density at radius 3 is 2.28 bits per heavy atom. The molecule has 1 aromatic carbocycles. The van der Waals surface area contributed by atoms with E-state index in [0.717, 1.165) is 16.2 Å². The van der Waals surface area contributed by atoms with Gasteiger partial charge in [0, 0.05) is 6.54 Å². The van der Waals surface area contributed by atoms with Crippen molar-refractivity contribution < 1.29 is 28.7 Å². The average molecular weight is 400 g/mol. The van der Waals surface area contributed by atoms with E-state index >= 15 is 0 Å². The van der Waals surface area contributed by atoms with Crippen LogP contribution in [0.15, 0.2) is 36.4 Å². The van der Waals surface area contributed by atoms with Gasteiger partial charge in [0.1, 0.15) is 12.3 Å². The molecule has 0 bridgehead atoms. The lowest BCUT2D eigenvalue weighted by Gasteiger charge is -2.14. The smallest absolute Gasteiger partial charge is 0.326 e. The fraction of sp³-hybridized carbons (Fsp3) is 0.429. The number of nitrogens with one attached hydrogen (secondary N) is 1. The Balaban J connectivity index is 1.37. The minimum Gasteiger partial charge on any atom is -0.497 e. The number of hydrogen-bond donors (Lipinski definition) is 1. The van der Waals surface area contributed by atoms with Crippen LogP contribution in [0.1, 0.15) is 18.4 Å². The molecular weight excluding hydrogens is 376 g/mol. The Kier molecular flexibility index (Phi) is 6.64. The van der Waals surface area contributed by atoms with E-state index < -0.39 is 25.0 Å². The molecule has 0 saturated carbocycles. The van der Waals surface area contributed by atoms with Crippen LogP contribution in [0, 0.1) is 11.8 Å². The molecule has 3 amide bonds. The van der Waals surface area contributed by atoms with Crippen molar-refractivity contribution in [3.8, 4) is 5.75 Å². The Bertz CT molecular complexity index is 791. The Hall–Kier alpha value is -3.16. The van der Waals surface area contributed by atoms with E-state index in [1.54, 1.807) is 7.11 Å². The van der Waals surface area contributed by atoms with E-state index in [4.69, 9.17) is 9.47 Å². The molecule has 1 heterocycles. The predicted octanol–water partition coefficient (Wildman–Crippen LogP) is 0.848. The third-order valence-electron chi connectivity index (χ3n) is 5.15. The first kappa shape index (κ1) is 20.6. The number of imide groups is 1. The number of hydrogen-bond acceptors (Lipinski definition) is 6. The van der Waals surface area contributed by atoms with Crippen molar-refractivity contribution in [3.63, 3.8) is 0 Å². The zero-order chi connectivity index (χ0) is 20.8. The number of carbonyl (C=O) groups excluding carboxylic acids is 4. The van der Waals surface area contributed by atoms with Crippen molar-refractivity contribution in [3.05, 3.63) is 42.0 Å². The number of benzene rings is 1. The first-order valence-corrected chi connectivity index (χ1v) is 9.55. The quantitative estimate of drug-likeness (QED) is 0.394. The molecule has 1 aliphatic heterocycles. The van der Waals surface area contributed by atoms with Crippen molar-refractivity contribution in [1.29, 1.82) is 0 Å². The van der Waals surface area contributed by atoms with Crippen LogP contribution in [0.4, 0.5) is 0 Å². The van der Waals surface area contributed by atoms with Crippen molar-refractivity contribution in [2.24, 2.45) is 11.8 Å². The van der Waals surface area contributed by atoms with Gasteiger partial charge in [-0.25, -0.2) is 0 Å². The van der Waals surface area contributed by atoms with Gasteiger partial charge in [0.25, 0.3) is 5.91 Å². The molecule has 0 spiro atoms. The van der Waals surface area contributed by atoms with Gasteiger partial charge in [-0.05, 0) is 37.0 Å². The van der Waals surface area contributed by atoms with E-state index in [2.05, 4.69) is 5.32 Å². The molecule has 1 N–H and O–H groups in total. The first-order chi connectivity index (χ1) is 14.0. The summed E-state index contributed by atoms with van der Waals surface area (Å²) in [6.07, 6.45) is 5.40. The monoisotopic (exact) mass is 400 g/mol. The van der Waals surface area contributed by atoms with Gasteiger partial charge >= 0.3 is 5.97 Å². The molecule has 154 valence electrons. The number of ether oxygens (including phenoxy) is 2. The standard InChI is InChI=1S/C21H24N2O6/c1-28-15-8-6-14(7-9-15)10-11-22-18(24)13-29-19(25)12-23-20(26)16-4-2-3-5-17(16)21(23)27/h2-3,6-9,16-17H,4-5,10-13H2,1H3,(H,22,24)/t16-,17-/m1/s1. The fourth-order valence-electron chi connectivity index (χ4n) is 3.54. The lowest BCUT2D eigenvalue weighted by Crippen LogP contribution is -2.38. The number of methoxy groups -OCH3 is 1. The summed E-state index contributed by atoms with van der Waals surface area (Å²) >= 11 is 0. The van der Waals surface area contributed by atoms with Crippen molar-refractivity contribution >= 4 is 23.7 Å². The molecule has 0 radical (unpaired) electrons. The van der Waals surface area contributed by atoms with Gasteiger partial charge in [-0.1, -0.05) is 24.3 Å². The van der Waals surface area contributed by atoms with Crippen molar-refractivity contribution in [2.45, 2.75) is 19.3 Å². The molecule has 8 heteroatoms. The first-order valence-electron chi connectivity index (χ1n) is 9.55. The van der Waals surface area contributed by atoms with Gasteiger partial charge in [-0.15, -0.1) is 0 Å². The topological polar surface area (TPSA) is 102 Å². The second kappa shape index (κ2) is 9.36. The average Bonchev–Trinajstić information content (AvgIpc) is 2.98. The zero-order valence-corrected chi connectivity index (χ0v) is 16.3. The second-order valence-corrected chi connectivity index (χ2v) is 7.03. The molecule has 0 unspecified atom stereocenters. The highest BCUT2D eigenvalue weighted by molar-refractivity contribution is 6.07. The third kappa shape index (κ3) is 5.01. The van der Waals surface area contributed by atoms with E-state index in [-0.39, 0.29) is 23.7 Å². The molecule has 0 aromatic heterocycles. The number of likely N-dealkylation sites (tertiary alicyclic amines) is 1. The number of rotatable bonds is 8. The lowest BCUT2D eigenvalue weighted by molar-refractivity contribution is -0.154. The van der Waals surface area contributed by atoms with Crippen molar-refractivity contribution in [1.82, 2.24) is 10.2 Å². The summed E-state index contributed by atoms with van der Waals surface area (Å²) in [7, 11) is 1.59. The minimum absolute atomic E-state index is 0.342. The summed E-state index contributed by atoms with van der Waals surface area (Å²) in [6, 6.07) is 7.49. The highest BCUT2D eigenvalue weighted by Crippen LogP contribution is 2.34. The van der Waals surface area contributed by atoms with Crippen LogP contribution in [0.3, 0.4) is 0 Å². The summed E-state index contributed by atoms with van der Waals surface area (Å²) in [4.78, 5) is 49.4. The molecular formula is C21H24N2O6. The van der Waals surface area contributed by atoms with Gasteiger partial charge in [0.05, 0.1) is 18.9 Å². The number of allylic oxidation sites excluding steroid dienone is 2. The summed E-state index contributed by atoms with van der Waals surface area (Å²) in [5.74, 6) is -1.92. The van der Waals surface area contributed by atoms with Gasteiger partial charge < -0.3 is 14.8 Å². The van der Waals surface area contributed by atoms with Crippen molar-refractivity contribution in [2.75, 3.05) is 26.8 Å². The van der Waals surface area contributed by atoms with Crippen LogP contribution in [0.2, 0.25) is 0 Å². The van der Waals surface area contributed by atoms with E-state index in [0.29, 0.717) is 25.8 Å². The molecule has 1 fully saturated rings. The maximum absolute atomic E-state index is 12.3. The molecule has 8 nitrogen and oxygen atoms in total. The Morgan fingerprint density at radius 2 is 1.69 bits per heavy atom.